The van der Waals surface area contributed by atoms with Crippen LogP contribution in [-0.4, -0.2) is 6.61 Å². The standard InChI is InChI=1S/C10H12FNO/c1-2-6-8(11)4-3-7-9(12)5-13-10(6)7/h3-4,9H,2,5,12H2,1H3/t9-/m0/s1. The highest BCUT2D eigenvalue weighted by Gasteiger charge is 2.24. The zero-order valence-corrected chi connectivity index (χ0v) is 7.51. The van der Waals surface area contributed by atoms with Crippen molar-refractivity contribution in [3.63, 3.8) is 0 Å². The van der Waals surface area contributed by atoms with Crippen molar-refractivity contribution in [1.82, 2.24) is 0 Å². The monoisotopic (exact) mass is 181 g/mol. The fraction of sp³-hybridized carbons (Fsp3) is 0.400. The lowest BCUT2D eigenvalue weighted by Gasteiger charge is -2.06. The minimum absolute atomic E-state index is 0.0964. The van der Waals surface area contributed by atoms with E-state index in [1.807, 2.05) is 6.92 Å². The normalized spacial score (nSPS) is 19.8. The smallest absolute Gasteiger partial charge is 0.130 e. The van der Waals surface area contributed by atoms with Crippen LogP contribution in [0.25, 0.3) is 0 Å². The predicted molar refractivity (Wildman–Crippen MR) is 48.2 cm³/mol. The van der Waals surface area contributed by atoms with E-state index in [-0.39, 0.29) is 11.9 Å². The number of ether oxygens (including phenoxy) is 1. The van der Waals surface area contributed by atoms with E-state index in [4.69, 9.17) is 10.5 Å². The molecule has 1 aromatic rings. The van der Waals surface area contributed by atoms with Crippen molar-refractivity contribution in [2.24, 2.45) is 5.73 Å². The Hall–Kier alpha value is -1.09. The molecule has 1 aliphatic heterocycles. The van der Waals surface area contributed by atoms with Crippen molar-refractivity contribution < 1.29 is 9.13 Å². The van der Waals surface area contributed by atoms with Gasteiger partial charge in [-0.25, -0.2) is 4.39 Å². The lowest BCUT2D eigenvalue weighted by atomic mass is 10.0. The van der Waals surface area contributed by atoms with Crippen molar-refractivity contribution in [3.05, 3.63) is 29.1 Å². The SMILES string of the molecule is CCc1c(F)ccc2c1OC[C@@H]2N. The molecule has 0 bridgehead atoms. The zero-order chi connectivity index (χ0) is 9.42. The summed E-state index contributed by atoms with van der Waals surface area (Å²) >= 11 is 0. The van der Waals surface area contributed by atoms with Gasteiger partial charge in [-0.15, -0.1) is 0 Å². The van der Waals surface area contributed by atoms with Crippen LogP contribution < -0.4 is 10.5 Å². The van der Waals surface area contributed by atoms with E-state index in [1.165, 1.54) is 6.07 Å². The molecule has 0 fully saturated rings. The third-order valence-electron chi connectivity index (χ3n) is 2.39. The zero-order valence-electron chi connectivity index (χ0n) is 7.51. The summed E-state index contributed by atoms with van der Waals surface area (Å²) in [5, 5.41) is 0. The Balaban J connectivity index is 2.57. The van der Waals surface area contributed by atoms with Gasteiger partial charge in [0, 0.05) is 11.1 Å². The second kappa shape index (κ2) is 3.00. The molecule has 2 rings (SSSR count). The maximum atomic E-state index is 13.3. The molecule has 13 heavy (non-hydrogen) atoms. The largest absolute Gasteiger partial charge is 0.491 e. The van der Waals surface area contributed by atoms with Gasteiger partial charge in [-0.2, -0.15) is 0 Å². The average molecular weight is 181 g/mol. The molecule has 0 aromatic heterocycles. The number of halogens is 1. The molecular weight excluding hydrogens is 169 g/mol. The second-order valence-corrected chi connectivity index (χ2v) is 3.22. The first-order valence-electron chi connectivity index (χ1n) is 4.43. The summed E-state index contributed by atoms with van der Waals surface area (Å²) in [6.07, 6.45) is 0.641. The topological polar surface area (TPSA) is 35.2 Å². The highest BCUT2D eigenvalue weighted by atomic mass is 19.1. The van der Waals surface area contributed by atoms with Gasteiger partial charge >= 0.3 is 0 Å². The van der Waals surface area contributed by atoms with Gasteiger partial charge in [0.05, 0.1) is 6.04 Å². The molecule has 2 nitrogen and oxygen atoms in total. The Labute approximate surface area is 76.5 Å². The van der Waals surface area contributed by atoms with E-state index >= 15 is 0 Å². The van der Waals surface area contributed by atoms with Gasteiger partial charge in [-0.1, -0.05) is 13.0 Å². The van der Waals surface area contributed by atoms with E-state index in [9.17, 15) is 4.39 Å². The fourth-order valence-electron chi connectivity index (χ4n) is 1.68. The minimum Gasteiger partial charge on any atom is -0.491 e. The lowest BCUT2D eigenvalue weighted by Crippen LogP contribution is -2.10. The van der Waals surface area contributed by atoms with Crippen molar-refractivity contribution in [1.29, 1.82) is 0 Å². The molecule has 1 aromatic carbocycles. The van der Waals surface area contributed by atoms with Gasteiger partial charge in [0.15, 0.2) is 0 Å². The molecule has 1 atom stereocenters. The summed E-state index contributed by atoms with van der Waals surface area (Å²) in [5.41, 5.74) is 7.35. The van der Waals surface area contributed by atoms with Crippen LogP contribution in [0.15, 0.2) is 12.1 Å². The average Bonchev–Trinajstić information content (AvgIpc) is 2.48. The maximum absolute atomic E-state index is 13.3. The molecule has 1 heterocycles. The summed E-state index contributed by atoms with van der Waals surface area (Å²) < 4.78 is 18.6. The van der Waals surface area contributed by atoms with Crippen LogP contribution in [-0.2, 0) is 6.42 Å². The summed E-state index contributed by atoms with van der Waals surface area (Å²) in [6, 6.07) is 3.08. The Kier molecular flexibility index (Phi) is 1.96. The van der Waals surface area contributed by atoms with Crippen molar-refractivity contribution in [2.45, 2.75) is 19.4 Å². The summed E-state index contributed by atoms with van der Waals surface area (Å²) in [6.45, 7) is 2.37. The van der Waals surface area contributed by atoms with Gasteiger partial charge in [0.1, 0.15) is 18.2 Å². The molecule has 0 unspecified atom stereocenters. The number of fused-ring (bicyclic) bond motifs is 1. The molecule has 1 aliphatic rings. The summed E-state index contributed by atoms with van der Waals surface area (Å²) in [5.74, 6) is 0.463. The van der Waals surface area contributed by atoms with E-state index in [0.29, 0.717) is 24.3 Å². The van der Waals surface area contributed by atoms with Gasteiger partial charge in [0.2, 0.25) is 0 Å². The molecule has 70 valence electrons. The maximum Gasteiger partial charge on any atom is 0.130 e. The van der Waals surface area contributed by atoms with Gasteiger partial charge < -0.3 is 10.5 Å². The molecule has 0 amide bonds. The van der Waals surface area contributed by atoms with E-state index in [0.717, 1.165) is 5.56 Å². The highest BCUT2D eigenvalue weighted by Crippen LogP contribution is 2.35. The number of hydrogen-bond donors (Lipinski definition) is 1. The highest BCUT2D eigenvalue weighted by molar-refractivity contribution is 5.46. The van der Waals surface area contributed by atoms with Crippen LogP contribution in [0.4, 0.5) is 4.39 Å². The van der Waals surface area contributed by atoms with Crippen molar-refractivity contribution >= 4 is 0 Å². The van der Waals surface area contributed by atoms with Crippen LogP contribution >= 0.6 is 0 Å². The van der Waals surface area contributed by atoms with E-state index < -0.39 is 0 Å². The predicted octanol–water partition coefficient (Wildman–Crippen LogP) is 1.78. The fourth-order valence-corrected chi connectivity index (χ4v) is 1.68. The van der Waals surface area contributed by atoms with E-state index in [1.54, 1.807) is 6.07 Å². The van der Waals surface area contributed by atoms with Gasteiger partial charge in [0.25, 0.3) is 0 Å². The van der Waals surface area contributed by atoms with Crippen LogP contribution in [0.2, 0.25) is 0 Å². The third kappa shape index (κ3) is 1.20. The Morgan fingerprint density at radius 2 is 2.38 bits per heavy atom. The molecule has 0 saturated carbocycles. The van der Waals surface area contributed by atoms with E-state index in [2.05, 4.69) is 0 Å². The molecule has 0 spiro atoms. The summed E-state index contributed by atoms with van der Waals surface area (Å²) in [7, 11) is 0. The number of rotatable bonds is 1. The van der Waals surface area contributed by atoms with Crippen molar-refractivity contribution in [2.75, 3.05) is 6.61 Å². The van der Waals surface area contributed by atoms with Crippen molar-refractivity contribution in [3.8, 4) is 5.75 Å². The summed E-state index contributed by atoms with van der Waals surface area (Å²) in [4.78, 5) is 0. The lowest BCUT2D eigenvalue weighted by molar-refractivity contribution is 0.329. The number of benzene rings is 1. The van der Waals surface area contributed by atoms with Crippen LogP contribution in [0.1, 0.15) is 24.1 Å². The second-order valence-electron chi connectivity index (χ2n) is 3.22. The minimum atomic E-state index is -0.199. The quantitative estimate of drug-likeness (QED) is 0.716. The molecule has 0 radical (unpaired) electrons. The molecular formula is C10H12FNO. The first kappa shape index (κ1) is 8.51. The number of nitrogens with two attached hydrogens (primary N) is 1. The van der Waals surface area contributed by atoms with Crippen LogP contribution in [0.5, 0.6) is 5.75 Å². The molecule has 0 aliphatic carbocycles. The van der Waals surface area contributed by atoms with Gasteiger partial charge in [-0.3, -0.25) is 0 Å². The molecule has 3 heteroatoms. The molecule has 2 N–H and O–H groups in total. The van der Waals surface area contributed by atoms with Crippen LogP contribution in [0, 0.1) is 5.82 Å². The van der Waals surface area contributed by atoms with Gasteiger partial charge in [-0.05, 0) is 12.5 Å². The first-order chi connectivity index (χ1) is 6.24. The third-order valence-corrected chi connectivity index (χ3v) is 2.39. The Morgan fingerprint density at radius 1 is 1.62 bits per heavy atom. The first-order valence-corrected chi connectivity index (χ1v) is 4.43. The van der Waals surface area contributed by atoms with Crippen LogP contribution in [0.3, 0.4) is 0 Å². The number of hydrogen-bond acceptors (Lipinski definition) is 2. The Morgan fingerprint density at radius 3 is 3.08 bits per heavy atom. The Bertz CT molecular complexity index is 338. The molecule has 0 saturated heterocycles.